The SMILES string of the molecule is COc1ccc(C2CCSCC2)cc1C(C)(C)CC(=O)O. The van der Waals surface area contributed by atoms with E-state index in [1.54, 1.807) is 7.11 Å². The number of benzene rings is 1. The molecule has 0 amide bonds. The summed E-state index contributed by atoms with van der Waals surface area (Å²) in [6.07, 6.45) is 2.51. The maximum absolute atomic E-state index is 11.1. The van der Waals surface area contributed by atoms with Crippen LogP contribution in [0.4, 0.5) is 0 Å². The summed E-state index contributed by atoms with van der Waals surface area (Å²) >= 11 is 2.02. The van der Waals surface area contributed by atoms with Gasteiger partial charge in [0.15, 0.2) is 0 Å². The molecular weight excluding hydrogens is 284 g/mol. The van der Waals surface area contributed by atoms with Gasteiger partial charge in [-0.1, -0.05) is 26.0 Å². The van der Waals surface area contributed by atoms with Crippen LogP contribution in [0.2, 0.25) is 0 Å². The van der Waals surface area contributed by atoms with Crippen molar-refractivity contribution in [2.75, 3.05) is 18.6 Å². The van der Waals surface area contributed by atoms with Gasteiger partial charge in [-0.05, 0) is 41.9 Å². The third kappa shape index (κ3) is 3.94. The van der Waals surface area contributed by atoms with Crippen molar-refractivity contribution in [3.63, 3.8) is 0 Å². The zero-order chi connectivity index (χ0) is 15.5. The van der Waals surface area contributed by atoms with Crippen LogP contribution < -0.4 is 4.74 Å². The Kier molecular flexibility index (Phi) is 5.20. The molecule has 4 heteroatoms. The number of aliphatic carboxylic acids is 1. The van der Waals surface area contributed by atoms with Crippen molar-refractivity contribution < 1.29 is 14.6 Å². The minimum absolute atomic E-state index is 0.104. The van der Waals surface area contributed by atoms with Crippen LogP contribution in [0.25, 0.3) is 0 Å². The summed E-state index contributed by atoms with van der Waals surface area (Å²) in [5.41, 5.74) is 1.89. The molecule has 0 atom stereocenters. The number of hydrogen-bond acceptors (Lipinski definition) is 3. The molecule has 21 heavy (non-hydrogen) atoms. The topological polar surface area (TPSA) is 46.5 Å². The lowest BCUT2D eigenvalue weighted by atomic mass is 9.79. The van der Waals surface area contributed by atoms with Gasteiger partial charge in [-0.15, -0.1) is 0 Å². The summed E-state index contributed by atoms with van der Waals surface area (Å²) in [6, 6.07) is 6.30. The minimum atomic E-state index is -0.776. The Balaban J connectivity index is 2.35. The maximum Gasteiger partial charge on any atom is 0.304 e. The van der Waals surface area contributed by atoms with Crippen LogP contribution in [0.1, 0.15) is 50.2 Å². The molecular formula is C17H24O3S. The highest BCUT2D eigenvalue weighted by molar-refractivity contribution is 7.99. The summed E-state index contributed by atoms with van der Waals surface area (Å²) in [7, 11) is 1.65. The first-order valence-corrected chi connectivity index (χ1v) is 8.57. The molecule has 1 fully saturated rings. The van der Waals surface area contributed by atoms with Gasteiger partial charge in [-0.2, -0.15) is 11.8 Å². The lowest BCUT2D eigenvalue weighted by Crippen LogP contribution is -2.23. The number of hydrogen-bond donors (Lipinski definition) is 1. The van der Waals surface area contributed by atoms with Crippen molar-refractivity contribution in [2.45, 2.75) is 44.4 Å². The van der Waals surface area contributed by atoms with E-state index in [-0.39, 0.29) is 6.42 Å². The number of carboxylic acid groups (broad SMARTS) is 1. The lowest BCUT2D eigenvalue weighted by molar-refractivity contribution is -0.138. The molecule has 0 aromatic heterocycles. The van der Waals surface area contributed by atoms with Crippen molar-refractivity contribution >= 4 is 17.7 Å². The second kappa shape index (κ2) is 6.73. The summed E-state index contributed by atoms with van der Waals surface area (Å²) in [4.78, 5) is 11.1. The molecule has 1 aromatic rings. The summed E-state index contributed by atoms with van der Waals surface area (Å²) < 4.78 is 5.46. The first-order chi connectivity index (χ1) is 9.94. The molecule has 0 spiro atoms. The molecule has 1 aromatic carbocycles. The van der Waals surface area contributed by atoms with Crippen LogP contribution in [0.5, 0.6) is 5.75 Å². The van der Waals surface area contributed by atoms with Gasteiger partial charge in [0.1, 0.15) is 5.75 Å². The second-order valence-electron chi connectivity index (χ2n) is 6.30. The van der Waals surface area contributed by atoms with E-state index in [0.29, 0.717) is 5.92 Å². The highest BCUT2D eigenvalue weighted by Gasteiger charge is 2.28. The molecule has 1 N–H and O–H groups in total. The number of ether oxygens (including phenoxy) is 1. The van der Waals surface area contributed by atoms with E-state index in [1.165, 1.54) is 29.9 Å². The monoisotopic (exact) mass is 308 g/mol. The van der Waals surface area contributed by atoms with Crippen molar-refractivity contribution in [3.8, 4) is 5.75 Å². The molecule has 2 rings (SSSR count). The van der Waals surface area contributed by atoms with E-state index in [9.17, 15) is 4.79 Å². The van der Waals surface area contributed by atoms with Gasteiger partial charge in [-0.25, -0.2) is 0 Å². The molecule has 0 unspecified atom stereocenters. The average molecular weight is 308 g/mol. The van der Waals surface area contributed by atoms with Crippen LogP contribution in [-0.4, -0.2) is 29.7 Å². The fourth-order valence-corrected chi connectivity index (χ4v) is 4.12. The van der Waals surface area contributed by atoms with Crippen molar-refractivity contribution in [1.29, 1.82) is 0 Å². The third-order valence-electron chi connectivity index (χ3n) is 4.24. The van der Waals surface area contributed by atoms with Gasteiger partial charge in [0.05, 0.1) is 13.5 Å². The van der Waals surface area contributed by atoms with E-state index >= 15 is 0 Å². The molecule has 0 bridgehead atoms. The van der Waals surface area contributed by atoms with Gasteiger partial charge >= 0.3 is 5.97 Å². The maximum atomic E-state index is 11.1. The molecule has 3 nitrogen and oxygen atoms in total. The van der Waals surface area contributed by atoms with Crippen molar-refractivity contribution in [1.82, 2.24) is 0 Å². The number of methoxy groups -OCH3 is 1. The summed E-state index contributed by atoms with van der Waals surface area (Å²) in [5.74, 6) is 3.03. The molecule has 0 radical (unpaired) electrons. The zero-order valence-corrected chi connectivity index (χ0v) is 13.8. The normalized spacial score (nSPS) is 16.7. The Morgan fingerprint density at radius 2 is 2.05 bits per heavy atom. The highest BCUT2D eigenvalue weighted by Crippen LogP contribution is 2.39. The van der Waals surface area contributed by atoms with Crippen molar-refractivity contribution in [2.24, 2.45) is 0 Å². The van der Waals surface area contributed by atoms with Gasteiger partial charge in [0.2, 0.25) is 0 Å². The highest BCUT2D eigenvalue weighted by atomic mass is 32.2. The summed E-state index contributed by atoms with van der Waals surface area (Å²) in [5, 5.41) is 9.15. The van der Waals surface area contributed by atoms with E-state index < -0.39 is 11.4 Å². The van der Waals surface area contributed by atoms with Crippen LogP contribution in [0.15, 0.2) is 18.2 Å². The third-order valence-corrected chi connectivity index (χ3v) is 5.29. The standard InChI is InChI=1S/C17H24O3S/c1-17(2,11-16(18)19)14-10-13(4-5-15(14)20-3)12-6-8-21-9-7-12/h4-5,10,12H,6-9,11H2,1-3H3,(H,18,19). The van der Waals surface area contributed by atoms with Crippen LogP contribution >= 0.6 is 11.8 Å². The van der Waals surface area contributed by atoms with E-state index in [1.807, 2.05) is 31.7 Å². The molecule has 0 aliphatic carbocycles. The number of thioether (sulfide) groups is 1. The number of carboxylic acids is 1. The predicted octanol–water partition coefficient (Wildman–Crippen LogP) is 4.06. The Labute approximate surface area is 131 Å². The molecule has 1 saturated heterocycles. The predicted molar refractivity (Wildman–Crippen MR) is 87.6 cm³/mol. The van der Waals surface area contributed by atoms with E-state index in [4.69, 9.17) is 9.84 Å². The molecule has 1 aliphatic heterocycles. The second-order valence-corrected chi connectivity index (χ2v) is 7.53. The smallest absolute Gasteiger partial charge is 0.304 e. The van der Waals surface area contributed by atoms with Gasteiger partial charge < -0.3 is 9.84 Å². The van der Waals surface area contributed by atoms with Gasteiger partial charge in [0, 0.05) is 11.0 Å². The van der Waals surface area contributed by atoms with Crippen LogP contribution in [-0.2, 0) is 10.2 Å². The largest absolute Gasteiger partial charge is 0.496 e. The Hall–Kier alpha value is -1.16. The summed E-state index contributed by atoms with van der Waals surface area (Å²) in [6.45, 7) is 3.94. The van der Waals surface area contributed by atoms with E-state index in [0.717, 1.165) is 11.3 Å². The fourth-order valence-electron chi connectivity index (χ4n) is 3.01. The fraction of sp³-hybridized carbons (Fsp3) is 0.588. The average Bonchev–Trinajstić information content (AvgIpc) is 2.46. The minimum Gasteiger partial charge on any atom is -0.496 e. The number of carbonyl (C=O) groups is 1. The molecule has 116 valence electrons. The lowest BCUT2D eigenvalue weighted by Gasteiger charge is -2.28. The molecule has 0 saturated carbocycles. The van der Waals surface area contributed by atoms with Crippen LogP contribution in [0.3, 0.4) is 0 Å². The first kappa shape index (κ1) is 16.2. The number of rotatable bonds is 5. The van der Waals surface area contributed by atoms with Crippen LogP contribution in [0, 0.1) is 0 Å². The van der Waals surface area contributed by atoms with E-state index in [2.05, 4.69) is 12.1 Å². The quantitative estimate of drug-likeness (QED) is 0.891. The van der Waals surface area contributed by atoms with Gasteiger partial charge in [0.25, 0.3) is 0 Å². The first-order valence-electron chi connectivity index (χ1n) is 7.42. The zero-order valence-electron chi connectivity index (χ0n) is 13.0. The Bertz CT molecular complexity index is 505. The van der Waals surface area contributed by atoms with Gasteiger partial charge in [-0.3, -0.25) is 4.79 Å². The van der Waals surface area contributed by atoms with Crippen molar-refractivity contribution in [3.05, 3.63) is 29.3 Å². The molecule has 1 aliphatic rings. The Morgan fingerprint density at radius 1 is 1.38 bits per heavy atom. The molecule has 1 heterocycles. The Morgan fingerprint density at radius 3 is 2.62 bits per heavy atom.